The van der Waals surface area contributed by atoms with E-state index in [0.29, 0.717) is 22.5 Å². The van der Waals surface area contributed by atoms with E-state index in [1.165, 1.54) is 0 Å². The number of halogens is 1. The van der Waals surface area contributed by atoms with E-state index in [1.807, 2.05) is 31.2 Å². The van der Waals surface area contributed by atoms with E-state index in [9.17, 15) is 10.1 Å². The number of nitrogens with zero attached hydrogens (tertiary/aromatic N) is 1. The van der Waals surface area contributed by atoms with Crippen molar-refractivity contribution in [3.8, 4) is 11.5 Å². The largest absolute Gasteiger partial charge is 0.493 e. The average Bonchev–Trinajstić information content (AvgIpc) is 2.59. The van der Waals surface area contributed by atoms with Gasteiger partial charge in [0.1, 0.15) is 0 Å². The lowest BCUT2D eigenvalue weighted by molar-refractivity contribution is -0.385. The Morgan fingerprint density at radius 2 is 1.88 bits per heavy atom. The lowest BCUT2D eigenvalue weighted by Gasteiger charge is -2.16. The zero-order chi connectivity index (χ0) is 17.7. The molecule has 2 rings (SSSR count). The lowest BCUT2D eigenvalue weighted by Crippen LogP contribution is -2.18. The van der Waals surface area contributed by atoms with Gasteiger partial charge in [-0.3, -0.25) is 10.1 Å². The summed E-state index contributed by atoms with van der Waals surface area (Å²) in [6.45, 7) is 2.54. The first-order chi connectivity index (χ1) is 11.5. The van der Waals surface area contributed by atoms with Crippen LogP contribution in [-0.4, -0.2) is 19.1 Å². The maximum absolute atomic E-state index is 11.0. The molecule has 0 heterocycles. The van der Waals surface area contributed by atoms with Gasteiger partial charge in [0.05, 0.1) is 23.6 Å². The van der Waals surface area contributed by atoms with Gasteiger partial charge in [0.2, 0.25) is 0 Å². The molecule has 0 bridgehead atoms. The van der Waals surface area contributed by atoms with Crippen LogP contribution in [0.2, 0.25) is 0 Å². The van der Waals surface area contributed by atoms with E-state index in [4.69, 9.17) is 9.47 Å². The Morgan fingerprint density at radius 1 is 1.17 bits per heavy atom. The summed E-state index contributed by atoms with van der Waals surface area (Å²) in [5.74, 6) is 1.35. The number of nitrogens with one attached hydrogen (secondary N) is 1. The van der Waals surface area contributed by atoms with Crippen LogP contribution >= 0.6 is 15.9 Å². The van der Waals surface area contributed by atoms with E-state index in [-0.39, 0.29) is 11.7 Å². The van der Waals surface area contributed by atoms with E-state index in [2.05, 4.69) is 21.2 Å². The molecule has 0 fully saturated rings. The van der Waals surface area contributed by atoms with Crippen LogP contribution in [0.15, 0.2) is 40.9 Å². The number of hydrogen-bond donors (Lipinski definition) is 1. The zero-order valence-electron chi connectivity index (χ0n) is 13.7. The fourth-order valence-corrected chi connectivity index (χ4v) is 2.71. The van der Waals surface area contributed by atoms with Crippen LogP contribution in [-0.2, 0) is 6.54 Å². The summed E-state index contributed by atoms with van der Waals surface area (Å²) in [6, 6.07) is 10.9. The van der Waals surface area contributed by atoms with Gasteiger partial charge in [-0.1, -0.05) is 12.1 Å². The molecule has 0 aromatic heterocycles. The molecule has 0 radical (unpaired) electrons. The molecule has 1 unspecified atom stereocenters. The van der Waals surface area contributed by atoms with Crippen LogP contribution in [0.4, 0.5) is 5.69 Å². The zero-order valence-corrected chi connectivity index (χ0v) is 15.3. The third-order valence-corrected chi connectivity index (χ3v) is 4.40. The minimum absolute atomic E-state index is 0.0486. The summed E-state index contributed by atoms with van der Waals surface area (Å²) >= 11 is 3.19. The van der Waals surface area contributed by atoms with Crippen LogP contribution in [0.1, 0.15) is 24.1 Å². The monoisotopic (exact) mass is 394 g/mol. The fourth-order valence-electron chi connectivity index (χ4n) is 2.32. The molecule has 128 valence electrons. The molecule has 0 saturated carbocycles. The van der Waals surface area contributed by atoms with Crippen molar-refractivity contribution in [2.75, 3.05) is 14.2 Å². The second-order valence-electron chi connectivity index (χ2n) is 5.26. The maximum atomic E-state index is 11.0. The van der Waals surface area contributed by atoms with E-state index in [0.717, 1.165) is 11.1 Å². The van der Waals surface area contributed by atoms with Crippen LogP contribution in [0, 0.1) is 10.1 Å². The number of nitro benzene ring substituents is 1. The number of ether oxygens (including phenoxy) is 2. The summed E-state index contributed by atoms with van der Waals surface area (Å²) in [7, 11) is 3.19. The Labute approximate surface area is 149 Å². The summed E-state index contributed by atoms with van der Waals surface area (Å²) in [4.78, 5) is 10.6. The summed E-state index contributed by atoms with van der Waals surface area (Å²) < 4.78 is 11.0. The van der Waals surface area contributed by atoms with Crippen molar-refractivity contribution in [2.45, 2.75) is 19.5 Å². The number of benzene rings is 2. The summed E-state index contributed by atoms with van der Waals surface area (Å²) in [5, 5.41) is 14.3. The van der Waals surface area contributed by atoms with Gasteiger partial charge in [-0.15, -0.1) is 0 Å². The SMILES string of the molecule is COc1ccc(C(C)NCc2ccc(Br)c([N+](=O)[O-])c2)cc1OC. The minimum Gasteiger partial charge on any atom is -0.493 e. The molecule has 0 aliphatic heterocycles. The van der Waals surface area contributed by atoms with Gasteiger partial charge in [-0.05, 0) is 52.2 Å². The maximum Gasteiger partial charge on any atom is 0.283 e. The Hall–Kier alpha value is -2.12. The second-order valence-corrected chi connectivity index (χ2v) is 6.11. The topological polar surface area (TPSA) is 73.6 Å². The van der Waals surface area contributed by atoms with E-state index < -0.39 is 4.92 Å². The fraction of sp³-hybridized carbons (Fsp3) is 0.294. The highest BCUT2D eigenvalue weighted by atomic mass is 79.9. The van der Waals surface area contributed by atoms with Gasteiger partial charge in [0.15, 0.2) is 11.5 Å². The Morgan fingerprint density at radius 3 is 2.50 bits per heavy atom. The quantitative estimate of drug-likeness (QED) is 0.561. The molecule has 2 aromatic carbocycles. The highest BCUT2D eigenvalue weighted by Crippen LogP contribution is 2.30. The van der Waals surface area contributed by atoms with Gasteiger partial charge >= 0.3 is 0 Å². The van der Waals surface area contributed by atoms with Crippen molar-refractivity contribution in [1.82, 2.24) is 5.32 Å². The Balaban J connectivity index is 2.09. The van der Waals surface area contributed by atoms with Crippen LogP contribution in [0.3, 0.4) is 0 Å². The van der Waals surface area contributed by atoms with Crippen molar-refractivity contribution < 1.29 is 14.4 Å². The highest BCUT2D eigenvalue weighted by molar-refractivity contribution is 9.10. The predicted molar refractivity (Wildman–Crippen MR) is 95.6 cm³/mol. The highest BCUT2D eigenvalue weighted by Gasteiger charge is 2.14. The van der Waals surface area contributed by atoms with Gasteiger partial charge in [-0.25, -0.2) is 0 Å². The molecule has 2 aromatic rings. The molecular weight excluding hydrogens is 376 g/mol. The van der Waals surface area contributed by atoms with Crippen molar-refractivity contribution in [3.63, 3.8) is 0 Å². The molecule has 0 amide bonds. The third kappa shape index (κ3) is 4.24. The predicted octanol–water partition coefficient (Wildman–Crippen LogP) is 4.23. The van der Waals surface area contributed by atoms with E-state index in [1.54, 1.807) is 26.4 Å². The summed E-state index contributed by atoms with van der Waals surface area (Å²) in [5.41, 5.74) is 1.95. The number of methoxy groups -OCH3 is 2. The van der Waals surface area contributed by atoms with Gasteiger partial charge in [-0.2, -0.15) is 0 Å². The molecule has 0 aliphatic rings. The Kier molecular flexibility index (Phi) is 6.16. The van der Waals surface area contributed by atoms with Crippen molar-refractivity contribution >= 4 is 21.6 Å². The van der Waals surface area contributed by atoms with Crippen LogP contribution in [0.25, 0.3) is 0 Å². The molecular formula is C17H19BrN2O4. The first-order valence-corrected chi connectivity index (χ1v) is 8.13. The van der Waals surface area contributed by atoms with Crippen molar-refractivity contribution in [2.24, 2.45) is 0 Å². The minimum atomic E-state index is -0.397. The molecule has 24 heavy (non-hydrogen) atoms. The average molecular weight is 395 g/mol. The first-order valence-electron chi connectivity index (χ1n) is 7.34. The molecule has 6 nitrogen and oxygen atoms in total. The standard InChI is InChI=1S/C17H19BrN2O4/c1-11(13-5-7-16(23-2)17(9-13)24-3)19-10-12-4-6-14(18)15(8-12)20(21)22/h4-9,11,19H,10H2,1-3H3. The van der Waals surface area contributed by atoms with Gasteiger partial charge < -0.3 is 14.8 Å². The molecule has 0 saturated heterocycles. The molecule has 0 spiro atoms. The summed E-state index contributed by atoms with van der Waals surface area (Å²) in [6.07, 6.45) is 0. The Bertz CT molecular complexity index is 737. The van der Waals surface area contributed by atoms with Crippen LogP contribution in [0.5, 0.6) is 11.5 Å². The van der Waals surface area contributed by atoms with Crippen molar-refractivity contribution in [3.05, 3.63) is 62.1 Å². The number of hydrogen-bond acceptors (Lipinski definition) is 5. The van der Waals surface area contributed by atoms with Crippen molar-refractivity contribution in [1.29, 1.82) is 0 Å². The molecule has 0 aliphatic carbocycles. The van der Waals surface area contributed by atoms with Crippen LogP contribution < -0.4 is 14.8 Å². The number of rotatable bonds is 7. The second kappa shape index (κ2) is 8.12. The smallest absolute Gasteiger partial charge is 0.283 e. The van der Waals surface area contributed by atoms with E-state index >= 15 is 0 Å². The lowest BCUT2D eigenvalue weighted by atomic mass is 10.1. The number of nitro groups is 1. The normalized spacial score (nSPS) is 11.8. The molecule has 1 atom stereocenters. The van der Waals surface area contributed by atoms with Gasteiger partial charge in [0, 0.05) is 18.7 Å². The third-order valence-electron chi connectivity index (χ3n) is 3.73. The van der Waals surface area contributed by atoms with Gasteiger partial charge in [0.25, 0.3) is 5.69 Å². The first kappa shape index (κ1) is 18.2. The molecule has 7 heteroatoms. The molecule has 1 N–H and O–H groups in total.